The molecule has 0 aromatic carbocycles. The maximum Gasteiger partial charge on any atom is 0.168 e. The first-order valence-electron chi connectivity index (χ1n) is 8.29. The van der Waals surface area contributed by atoms with Crippen molar-refractivity contribution in [3.05, 3.63) is 11.3 Å². The molecule has 0 aliphatic carbocycles. The van der Waals surface area contributed by atoms with Crippen LogP contribution >= 0.6 is 0 Å². The van der Waals surface area contributed by atoms with Crippen LogP contribution in [0.2, 0.25) is 0 Å². The number of rotatable bonds is 9. The predicted octanol–water partition coefficient (Wildman–Crippen LogP) is 5.82. The Balaban J connectivity index is 5.76. The summed E-state index contributed by atoms with van der Waals surface area (Å²) in [4.78, 5) is 12.9. The van der Waals surface area contributed by atoms with E-state index in [1.54, 1.807) is 0 Å². The lowest BCUT2D eigenvalue weighted by atomic mass is 9.70. The van der Waals surface area contributed by atoms with Crippen LogP contribution in [0.5, 0.6) is 0 Å². The van der Waals surface area contributed by atoms with Crippen molar-refractivity contribution >= 4 is 5.78 Å². The molecule has 0 aromatic heterocycles. The zero-order valence-electron chi connectivity index (χ0n) is 14.6. The number of allylic oxidation sites excluding steroid dienone is 2. The number of Topliss-reactive ketones (excluding diaryl/α,β-unsaturated/α-hetero) is 1. The summed E-state index contributed by atoms with van der Waals surface area (Å²) in [5.41, 5.74) is 0.0424. The Morgan fingerprint density at radius 2 is 1.05 bits per heavy atom. The molecule has 0 atom stereocenters. The molecular weight excluding hydrogens is 248 g/mol. The minimum atomic E-state index is -0.307. The van der Waals surface area contributed by atoms with E-state index in [2.05, 4.69) is 41.5 Å². The fourth-order valence-electron chi connectivity index (χ4n) is 3.39. The van der Waals surface area contributed by atoms with Gasteiger partial charge in [0, 0.05) is 16.4 Å². The van der Waals surface area contributed by atoms with Crippen molar-refractivity contribution in [1.29, 1.82) is 0 Å². The van der Waals surface area contributed by atoms with Gasteiger partial charge in [0.1, 0.15) is 5.76 Å². The van der Waals surface area contributed by atoms with Crippen LogP contribution in [0.25, 0.3) is 0 Å². The Labute approximate surface area is 125 Å². The van der Waals surface area contributed by atoms with Crippen molar-refractivity contribution in [2.45, 2.75) is 87.0 Å². The van der Waals surface area contributed by atoms with Crippen molar-refractivity contribution in [2.75, 3.05) is 0 Å². The van der Waals surface area contributed by atoms with E-state index in [0.717, 1.165) is 38.5 Å². The highest BCUT2D eigenvalue weighted by Gasteiger charge is 2.38. The van der Waals surface area contributed by atoms with E-state index in [0.29, 0.717) is 11.3 Å². The molecule has 118 valence electrons. The summed E-state index contributed by atoms with van der Waals surface area (Å²) in [6.07, 6.45) is 5.11. The molecule has 0 spiro atoms. The predicted molar refractivity (Wildman–Crippen MR) is 86.9 cm³/mol. The molecule has 0 fully saturated rings. The summed E-state index contributed by atoms with van der Waals surface area (Å²) in [5.74, 6) is 0.469. The molecule has 1 N–H and O–H groups in total. The van der Waals surface area contributed by atoms with Crippen molar-refractivity contribution in [3.63, 3.8) is 0 Å². The molecule has 2 heteroatoms. The molecule has 0 unspecified atom stereocenters. The number of hydrogen-bond acceptors (Lipinski definition) is 2. The van der Waals surface area contributed by atoms with Gasteiger partial charge in [0.25, 0.3) is 0 Å². The first-order valence-corrected chi connectivity index (χ1v) is 8.29. The highest BCUT2D eigenvalue weighted by atomic mass is 16.3. The Morgan fingerprint density at radius 1 is 0.750 bits per heavy atom. The van der Waals surface area contributed by atoms with Gasteiger partial charge in [-0.25, -0.2) is 0 Å². The third-order valence-electron chi connectivity index (χ3n) is 5.74. The minimum Gasteiger partial charge on any atom is -0.511 e. The summed E-state index contributed by atoms with van der Waals surface area (Å²) in [7, 11) is 0. The van der Waals surface area contributed by atoms with Crippen molar-refractivity contribution in [3.8, 4) is 0 Å². The van der Waals surface area contributed by atoms with Crippen LogP contribution in [0.1, 0.15) is 87.0 Å². The smallest absolute Gasteiger partial charge is 0.168 e. The SMILES string of the molecule is CCC(CC)(CC)C(=O)/C(C)=C(\O)C(CC)(CC)CC. The normalized spacial score (nSPS) is 14.2. The molecule has 2 nitrogen and oxygen atoms in total. The number of aliphatic hydroxyl groups excluding tert-OH is 1. The maximum absolute atomic E-state index is 12.9. The largest absolute Gasteiger partial charge is 0.511 e. The van der Waals surface area contributed by atoms with Gasteiger partial charge in [-0.1, -0.05) is 41.5 Å². The van der Waals surface area contributed by atoms with E-state index in [9.17, 15) is 9.90 Å². The molecule has 0 rings (SSSR count). The lowest BCUT2D eigenvalue weighted by Crippen LogP contribution is -2.32. The van der Waals surface area contributed by atoms with Gasteiger partial charge in [-0.05, 0) is 45.4 Å². The van der Waals surface area contributed by atoms with E-state index >= 15 is 0 Å². The summed E-state index contributed by atoms with van der Waals surface area (Å²) in [5, 5.41) is 10.7. The second-order valence-electron chi connectivity index (χ2n) is 5.98. The van der Waals surface area contributed by atoms with E-state index in [1.165, 1.54) is 0 Å². The number of ketones is 1. The number of hydrogen-bond donors (Lipinski definition) is 1. The monoisotopic (exact) mass is 282 g/mol. The highest BCUT2D eigenvalue weighted by Crippen LogP contribution is 2.41. The zero-order chi connectivity index (χ0) is 16.0. The Hall–Kier alpha value is -0.790. The Bertz CT molecular complexity index is 328. The minimum absolute atomic E-state index is 0.141. The fourth-order valence-corrected chi connectivity index (χ4v) is 3.39. The number of carbonyl (C=O) groups excluding carboxylic acids is 1. The van der Waals surface area contributed by atoms with E-state index < -0.39 is 0 Å². The average Bonchev–Trinajstić information content (AvgIpc) is 2.50. The van der Waals surface area contributed by atoms with E-state index in [-0.39, 0.29) is 16.6 Å². The quantitative estimate of drug-likeness (QED) is 0.427. The fraction of sp³-hybridized carbons (Fsp3) is 0.833. The van der Waals surface area contributed by atoms with Crippen molar-refractivity contribution < 1.29 is 9.90 Å². The van der Waals surface area contributed by atoms with Crippen molar-refractivity contribution in [2.24, 2.45) is 10.8 Å². The summed E-state index contributed by atoms with van der Waals surface area (Å²) >= 11 is 0. The van der Waals surface area contributed by atoms with Crippen LogP contribution in [-0.4, -0.2) is 10.9 Å². The van der Waals surface area contributed by atoms with Crippen molar-refractivity contribution in [1.82, 2.24) is 0 Å². The molecule has 0 radical (unpaired) electrons. The van der Waals surface area contributed by atoms with Crippen LogP contribution in [0, 0.1) is 10.8 Å². The first-order chi connectivity index (χ1) is 9.34. The second kappa shape index (κ2) is 7.85. The summed E-state index contributed by atoms with van der Waals surface area (Å²) in [6.45, 7) is 14.3. The van der Waals surface area contributed by atoms with Gasteiger partial charge in [0.15, 0.2) is 5.78 Å². The van der Waals surface area contributed by atoms with Gasteiger partial charge < -0.3 is 5.11 Å². The molecule has 0 aromatic rings. The Morgan fingerprint density at radius 3 is 1.30 bits per heavy atom. The number of carbonyl (C=O) groups is 1. The Kier molecular flexibility index (Phi) is 7.54. The maximum atomic E-state index is 12.9. The molecule has 0 aliphatic heterocycles. The molecule has 0 saturated carbocycles. The third-order valence-corrected chi connectivity index (χ3v) is 5.74. The molecule has 0 aliphatic rings. The van der Waals surface area contributed by atoms with Crippen LogP contribution in [0.4, 0.5) is 0 Å². The summed E-state index contributed by atoms with van der Waals surface area (Å²) in [6, 6.07) is 0. The molecule has 0 saturated heterocycles. The standard InChI is InChI=1S/C18H34O2/c1-8-17(9-2,10-3)15(19)14(7)16(20)18(11-4,12-5)13-6/h19H,8-13H2,1-7H3/b15-14-. The lowest BCUT2D eigenvalue weighted by molar-refractivity contribution is -0.125. The summed E-state index contributed by atoms with van der Waals surface area (Å²) < 4.78 is 0. The zero-order valence-corrected chi connectivity index (χ0v) is 14.6. The van der Waals surface area contributed by atoms with Gasteiger partial charge >= 0.3 is 0 Å². The van der Waals surface area contributed by atoms with E-state index in [4.69, 9.17) is 0 Å². The van der Waals surface area contributed by atoms with Crippen LogP contribution in [0.15, 0.2) is 11.3 Å². The van der Waals surface area contributed by atoms with Crippen LogP contribution in [0.3, 0.4) is 0 Å². The lowest BCUT2D eigenvalue weighted by Gasteiger charge is -2.34. The molecule has 0 heterocycles. The molecule has 20 heavy (non-hydrogen) atoms. The van der Waals surface area contributed by atoms with Gasteiger partial charge in [-0.3, -0.25) is 4.79 Å². The van der Waals surface area contributed by atoms with Gasteiger partial charge in [0.2, 0.25) is 0 Å². The molecular formula is C18H34O2. The van der Waals surface area contributed by atoms with Gasteiger partial charge in [0.05, 0.1) is 0 Å². The highest BCUT2D eigenvalue weighted by molar-refractivity contribution is 5.99. The molecule has 0 amide bonds. The topological polar surface area (TPSA) is 37.3 Å². The molecule has 0 bridgehead atoms. The average molecular weight is 282 g/mol. The number of aliphatic hydroxyl groups is 1. The third kappa shape index (κ3) is 3.27. The first kappa shape index (κ1) is 19.2. The van der Waals surface area contributed by atoms with Crippen LogP contribution in [-0.2, 0) is 4.79 Å². The van der Waals surface area contributed by atoms with Gasteiger partial charge in [-0.15, -0.1) is 0 Å². The van der Waals surface area contributed by atoms with E-state index in [1.807, 2.05) is 6.92 Å². The van der Waals surface area contributed by atoms with Gasteiger partial charge in [-0.2, -0.15) is 0 Å². The second-order valence-corrected chi connectivity index (χ2v) is 5.98. The van der Waals surface area contributed by atoms with Crippen LogP contribution < -0.4 is 0 Å².